The van der Waals surface area contributed by atoms with Crippen molar-refractivity contribution in [2.45, 2.75) is 19.8 Å². The molecule has 8 nitrogen and oxygen atoms in total. The van der Waals surface area contributed by atoms with Crippen molar-refractivity contribution in [1.29, 1.82) is 0 Å². The van der Waals surface area contributed by atoms with Crippen molar-refractivity contribution in [1.82, 2.24) is 19.2 Å². The topological polar surface area (TPSA) is 90.5 Å². The molecule has 1 aliphatic heterocycles. The molecule has 1 atom stereocenters. The van der Waals surface area contributed by atoms with Crippen LogP contribution in [0, 0.1) is 0 Å². The first kappa shape index (κ1) is 23.4. The van der Waals surface area contributed by atoms with E-state index in [4.69, 9.17) is 4.74 Å². The number of benzene rings is 3. The zero-order chi connectivity index (χ0) is 26.2. The number of fused-ring (bicyclic) bond motifs is 3. The molecule has 0 saturated heterocycles. The highest BCUT2D eigenvalue weighted by molar-refractivity contribution is 5.95. The Kier molecular flexibility index (Phi) is 5.84. The van der Waals surface area contributed by atoms with E-state index in [0.29, 0.717) is 39.8 Å². The second-order valence-corrected chi connectivity index (χ2v) is 8.99. The van der Waals surface area contributed by atoms with Crippen LogP contribution in [0.1, 0.15) is 30.9 Å². The van der Waals surface area contributed by atoms with Crippen molar-refractivity contribution in [2.75, 3.05) is 11.9 Å². The SMILES string of the molecule is CCOC(=O)C1=C(C)Nc2c(c3nnc(-c4ccccc4)n3c(=O)n2-c2ccccc2)C1c1ccccc1. The summed E-state index contributed by atoms with van der Waals surface area (Å²) in [5.74, 6) is 0.00163. The van der Waals surface area contributed by atoms with Crippen molar-refractivity contribution in [3.05, 3.63) is 124 Å². The minimum Gasteiger partial charge on any atom is -0.463 e. The molecule has 3 aromatic carbocycles. The Labute approximate surface area is 218 Å². The van der Waals surface area contributed by atoms with Crippen LogP contribution in [0.4, 0.5) is 5.82 Å². The van der Waals surface area contributed by atoms with Gasteiger partial charge >= 0.3 is 11.7 Å². The summed E-state index contributed by atoms with van der Waals surface area (Å²) in [7, 11) is 0. The van der Waals surface area contributed by atoms with Gasteiger partial charge in [-0.2, -0.15) is 0 Å². The summed E-state index contributed by atoms with van der Waals surface area (Å²) in [5, 5.41) is 12.4. The van der Waals surface area contributed by atoms with E-state index >= 15 is 0 Å². The molecule has 2 aromatic heterocycles. The number of carbonyl (C=O) groups excluding carboxylic acids is 1. The van der Waals surface area contributed by atoms with Crippen LogP contribution in [0.5, 0.6) is 0 Å². The normalized spacial score (nSPS) is 14.7. The number of nitrogens with one attached hydrogen (secondary N) is 1. The molecule has 5 aromatic rings. The van der Waals surface area contributed by atoms with E-state index < -0.39 is 11.9 Å². The van der Waals surface area contributed by atoms with Gasteiger partial charge in [0.2, 0.25) is 0 Å². The van der Waals surface area contributed by atoms with Crippen molar-refractivity contribution in [3.8, 4) is 17.1 Å². The van der Waals surface area contributed by atoms with Gasteiger partial charge in [0, 0.05) is 11.3 Å². The number of ether oxygens (including phenoxy) is 1. The van der Waals surface area contributed by atoms with Gasteiger partial charge in [0.15, 0.2) is 11.5 Å². The number of carbonyl (C=O) groups is 1. The second kappa shape index (κ2) is 9.48. The van der Waals surface area contributed by atoms with E-state index in [1.165, 1.54) is 4.40 Å². The Hall–Kier alpha value is -4.98. The first-order valence-electron chi connectivity index (χ1n) is 12.4. The van der Waals surface area contributed by atoms with Gasteiger partial charge in [-0.15, -0.1) is 10.2 Å². The van der Waals surface area contributed by atoms with Crippen LogP contribution in [0.15, 0.2) is 107 Å². The number of hydrogen-bond donors (Lipinski definition) is 1. The molecule has 6 rings (SSSR count). The molecule has 1 unspecified atom stereocenters. The van der Waals surface area contributed by atoms with Crippen LogP contribution >= 0.6 is 0 Å². The van der Waals surface area contributed by atoms with Gasteiger partial charge in [0.1, 0.15) is 5.82 Å². The third kappa shape index (κ3) is 3.69. The summed E-state index contributed by atoms with van der Waals surface area (Å²) in [4.78, 5) is 27.6. The standard InChI is InChI=1S/C30H25N5O3/c1-3-38-29(36)23-19(2)31-27-25(24(23)20-13-7-4-8-14-20)28-33-32-26(21-15-9-5-10-16-21)35(28)30(37)34(27)22-17-11-6-12-18-22/h4-18,24,31H,3H2,1-2H3. The highest BCUT2D eigenvalue weighted by Gasteiger charge is 2.38. The highest BCUT2D eigenvalue weighted by atomic mass is 16.5. The van der Waals surface area contributed by atoms with E-state index in [9.17, 15) is 9.59 Å². The minimum absolute atomic E-state index is 0.242. The van der Waals surface area contributed by atoms with E-state index in [1.54, 1.807) is 11.5 Å². The minimum atomic E-state index is -0.544. The number of para-hydroxylation sites is 1. The van der Waals surface area contributed by atoms with Crippen molar-refractivity contribution < 1.29 is 9.53 Å². The predicted molar refractivity (Wildman–Crippen MR) is 145 cm³/mol. The highest BCUT2D eigenvalue weighted by Crippen LogP contribution is 2.44. The molecule has 1 aliphatic rings. The number of anilines is 1. The Bertz CT molecular complexity index is 1740. The summed E-state index contributed by atoms with van der Waals surface area (Å²) in [6, 6.07) is 28.6. The summed E-state index contributed by atoms with van der Waals surface area (Å²) < 4.78 is 8.65. The van der Waals surface area contributed by atoms with Gasteiger partial charge in [-0.05, 0) is 31.5 Å². The lowest BCUT2D eigenvalue weighted by molar-refractivity contribution is -0.138. The quantitative estimate of drug-likeness (QED) is 0.342. The van der Waals surface area contributed by atoms with Crippen molar-refractivity contribution >= 4 is 17.4 Å². The van der Waals surface area contributed by atoms with Gasteiger partial charge in [0.05, 0.1) is 29.3 Å². The Balaban J connectivity index is 1.76. The predicted octanol–water partition coefficient (Wildman–Crippen LogP) is 4.94. The molecule has 0 amide bonds. The van der Waals surface area contributed by atoms with E-state index in [-0.39, 0.29) is 12.3 Å². The summed E-state index contributed by atoms with van der Waals surface area (Å²) in [6.45, 7) is 3.85. The fourth-order valence-corrected chi connectivity index (χ4v) is 5.11. The van der Waals surface area contributed by atoms with Crippen LogP contribution < -0.4 is 11.0 Å². The van der Waals surface area contributed by atoms with Gasteiger partial charge in [-0.25, -0.2) is 18.6 Å². The van der Waals surface area contributed by atoms with Crippen LogP contribution in [0.25, 0.3) is 22.7 Å². The average molecular weight is 504 g/mol. The number of aromatic nitrogens is 4. The Morgan fingerprint density at radius 3 is 2.21 bits per heavy atom. The molecule has 8 heteroatoms. The molecule has 1 N–H and O–H groups in total. The molecule has 38 heavy (non-hydrogen) atoms. The maximum absolute atomic E-state index is 14.2. The molecule has 0 bridgehead atoms. The molecule has 188 valence electrons. The summed E-state index contributed by atoms with van der Waals surface area (Å²) in [5.41, 5.74) is 4.12. The molecule has 0 saturated carbocycles. The zero-order valence-corrected chi connectivity index (χ0v) is 21.0. The van der Waals surface area contributed by atoms with Crippen LogP contribution in [0.3, 0.4) is 0 Å². The van der Waals surface area contributed by atoms with E-state index in [2.05, 4.69) is 15.5 Å². The lowest BCUT2D eigenvalue weighted by Gasteiger charge is -2.32. The summed E-state index contributed by atoms with van der Waals surface area (Å²) in [6.07, 6.45) is 0. The number of allylic oxidation sites excluding steroid dienone is 1. The number of rotatable bonds is 5. The van der Waals surface area contributed by atoms with Gasteiger partial charge < -0.3 is 10.1 Å². The molecule has 0 aliphatic carbocycles. The first-order chi connectivity index (χ1) is 18.6. The summed E-state index contributed by atoms with van der Waals surface area (Å²) >= 11 is 0. The smallest absolute Gasteiger partial charge is 0.341 e. The van der Waals surface area contributed by atoms with Crippen molar-refractivity contribution in [3.63, 3.8) is 0 Å². The number of hydrogen-bond acceptors (Lipinski definition) is 6. The van der Waals surface area contributed by atoms with Crippen LogP contribution in [-0.2, 0) is 9.53 Å². The lowest BCUT2D eigenvalue weighted by Crippen LogP contribution is -2.34. The maximum atomic E-state index is 14.2. The van der Waals surface area contributed by atoms with Crippen LogP contribution in [0.2, 0.25) is 0 Å². The van der Waals surface area contributed by atoms with E-state index in [1.807, 2.05) is 97.9 Å². The lowest BCUT2D eigenvalue weighted by atomic mass is 9.82. The molecule has 0 spiro atoms. The van der Waals surface area contributed by atoms with Gasteiger partial charge in [0.25, 0.3) is 0 Å². The average Bonchev–Trinajstić information content (AvgIpc) is 3.40. The molecular formula is C30H25N5O3. The molecule has 0 radical (unpaired) electrons. The fourth-order valence-electron chi connectivity index (χ4n) is 5.11. The van der Waals surface area contributed by atoms with E-state index in [0.717, 1.165) is 11.1 Å². The number of nitrogens with zero attached hydrogens (tertiary/aromatic N) is 4. The fraction of sp³-hybridized carbons (Fsp3) is 0.133. The van der Waals surface area contributed by atoms with Gasteiger partial charge in [-0.3, -0.25) is 0 Å². The first-order valence-corrected chi connectivity index (χ1v) is 12.4. The molecule has 0 fully saturated rings. The Morgan fingerprint density at radius 1 is 0.921 bits per heavy atom. The van der Waals surface area contributed by atoms with Crippen LogP contribution in [-0.4, -0.2) is 31.7 Å². The Morgan fingerprint density at radius 2 is 1.55 bits per heavy atom. The molecular weight excluding hydrogens is 478 g/mol. The second-order valence-electron chi connectivity index (χ2n) is 8.99. The number of esters is 1. The maximum Gasteiger partial charge on any atom is 0.341 e. The molecule has 3 heterocycles. The zero-order valence-electron chi connectivity index (χ0n) is 21.0. The van der Waals surface area contributed by atoms with Gasteiger partial charge in [-0.1, -0.05) is 78.9 Å². The largest absolute Gasteiger partial charge is 0.463 e. The third-order valence-electron chi connectivity index (χ3n) is 6.73. The van der Waals surface area contributed by atoms with Crippen molar-refractivity contribution in [2.24, 2.45) is 0 Å². The third-order valence-corrected chi connectivity index (χ3v) is 6.73. The monoisotopic (exact) mass is 503 g/mol.